The van der Waals surface area contributed by atoms with Gasteiger partial charge in [0.2, 0.25) is 0 Å². The van der Waals surface area contributed by atoms with E-state index in [-0.39, 0.29) is 17.9 Å². The summed E-state index contributed by atoms with van der Waals surface area (Å²) in [5.41, 5.74) is 2.15. The highest BCUT2D eigenvalue weighted by Gasteiger charge is 2.23. The maximum Gasteiger partial charge on any atom is 0.257 e. The number of benzene rings is 1. The van der Waals surface area contributed by atoms with Gasteiger partial charge in [0, 0.05) is 0 Å². The first-order chi connectivity index (χ1) is 10.4. The first kappa shape index (κ1) is 16.1. The quantitative estimate of drug-likeness (QED) is 0.919. The SMILES string of the molecule is COc1ccc([C@H](NC(=O)c2c(C)noc2C)C(C)C)cc1. The van der Waals surface area contributed by atoms with Crippen molar-refractivity contribution in [3.8, 4) is 5.75 Å². The normalized spacial score (nSPS) is 12.3. The fourth-order valence-corrected chi connectivity index (χ4v) is 2.47. The number of nitrogens with zero attached hydrogens (tertiary/aromatic N) is 1. The van der Waals surface area contributed by atoms with Crippen LogP contribution in [0.4, 0.5) is 0 Å². The van der Waals surface area contributed by atoms with Crippen LogP contribution in [0.2, 0.25) is 0 Å². The number of carbonyl (C=O) groups excluding carboxylic acids is 1. The minimum Gasteiger partial charge on any atom is -0.497 e. The lowest BCUT2D eigenvalue weighted by molar-refractivity contribution is 0.0923. The molecule has 0 bridgehead atoms. The van der Waals surface area contributed by atoms with Crippen molar-refractivity contribution in [1.29, 1.82) is 0 Å². The first-order valence-corrected chi connectivity index (χ1v) is 7.31. The minimum atomic E-state index is -0.161. The fourth-order valence-electron chi connectivity index (χ4n) is 2.47. The third-order valence-corrected chi connectivity index (χ3v) is 3.69. The van der Waals surface area contributed by atoms with Crippen molar-refractivity contribution in [3.63, 3.8) is 0 Å². The zero-order valence-corrected chi connectivity index (χ0v) is 13.6. The zero-order chi connectivity index (χ0) is 16.3. The van der Waals surface area contributed by atoms with Crippen LogP contribution >= 0.6 is 0 Å². The molecule has 0 radical (unpaired) electrons. The fraction of sp³-hybridized carbons (Fsp3) is 0.412. The molecular weight excluding hydrogens is 280 g/mol. The smallest absolute Gasteiger partial charge is 0.257 e. The monoisotopic (exact) mass is 302 g/mol. The number of hydrogen-bond acceptors (Lipinski definition) is 4. The number of ether oxygens (including phenoxy) is 1. The van der Waals surface area contributed by atoms with Crippen molar-refractivity contribution in [2.75, 3.05) is 7.11 Å². The molecule has 0 aliphatic carbocycles. The Labute approximate surface area is 130 Å². The van der Waals surface area contributed by atoms with E-state index in [1.54, 1.807) is 21.0 Å². The second kappa shape index (κ2) is 6.64. The number of hydrogen-bond donors (Lipinski definition) is 1. The van der Waals surface area contributed by atoms with Gasteiger partial charge in [0.05, 0.1) is 18.8 Å². The van der Waals surface area contributed by atoms with Crippen molar-refractivity contribution >= 4 is 5.91 Å². The number of amides is 1. The first-order valence-electron chi connectivity index (χ1n) is 7.31. The molecule has 0 spiro atoms. The second-order valence-corrected chi connectivity index (χ2v) is 5.67. The Morgan fingerprint density at radius 3 is 2.32 bits per heavy atom. The molecule has 1 atom stereocenters. The summed E-state index contributed by atoms with van der Waals surface area (Å²) in [4.78, 5) is 12.5. The van der Waals surface area contributed by atoms with E-state index in [9.17, 15) is 4.79 Å². The highest BCUT2D eigenvalue weighted by molar-refractivity contribution is 5.96. The van der Waals surface area contributed by atoms with Crippen LogP contribution in [-0.4, -0.2) is 18.2 Å². The molecule has 0 fully saturated rings. The van der Waals surface area contributed by atoms with Gasteiger partial charge in [0.1, 0.15) is 17.1 Å². The number of methoxy groups -OCH3 is 1. The molecule has 0 unspecified atom stereocenters. The summed E-state index contributed by atoms with van der Waals surface area (Å²) in [6.07, 6.45) is 0. The summed E-state index contributed by atoms with van der Waals surface area (Å²) in [5, 5.41) is 6.91. The Morgan fingerprint density at radius 1 is 1.23 bits per heavy atom. The zero-order valence-electron chi connectivity index (χ0n) is 13.6. The highest BCUT2D eigenvalue weighted by atomic mass is 16.5. The molecule has 118 valence electrons. The topological polar surface area (TPSA) is 64.4 Å². The average Bonchev–Trinajstić information content (AvgIpc) is 2.83. The van der Waals surface area contributed by atoms with Crippen LogP contribution in [0.1, 0.15) is 47.3 Å². The van der Waals surface area contributed by atoms with E-state index in [1.807, 2.05) is 24.3 Å². The summed E-state index contributed by atoms with van der Waals surface area (Å²) < 4.78 is 10.2. The lowest BCUT2D eigenvalue weighted by Crippen LogP contribution is -2.32. The van der Waals surface area contributed by atoms with E-state index in [0.29, 0.717) is 17.0 Å². The molecule has 0 saturated heterocycles. The number of nitrogens with one attached hydrogen (secondary N) is 1. The molecule has 1 aromatic heterocycles. The van der Waals surface area contributed by atoms with Gasteiger partial charge >= 0.3 is 0 Å². The molecule has 1 aromatic carbocycles. The molecule has 0 saturated carbocycles. The predicted octanol–water partition coefficient (Wildman–Crippen LogP) is 3.43. The maximum absolute atomic E-state index is 12.5. The van der Waals surface area contributed by atoms with Crippen molar-refractivity contribution in [2.24, 2.45) is 5.92 Å². The Kier molecular flexibility index (Phi) is 4.85. The van der Waals surface area contributed by atoms with Crippen LogP contribution in [0.5, 0.6) is 5.75 Å². The number of carbonyl (C=O) groups is 1. The van der Waals surface area contributed by atoms with Crippen LogP contribution in [0.25, 0.3) is 0 Å². The van der Waals surface area contributed by atoms with E-state index >= 15 is 0 Å². The van der Waals surface area contributed by atoms with Gasteiger partial charge in [-0.05, 0) is 37.5 Å². The average molecular weight is 302 g/mol. The molecule has 5 nitrogen and oxygen atoms in total. The second-order valence-electron chi connectivity index (χ2n) is 5.67. The van der Waals surface area contributed by atoms with E-state index in [1.165, 1.54) is 0 Å². The molecule has 1 heterocycles. The standard InChI is InChI=1S/C17H22N2O3/c1-10(2)16(13-6-8-14(21-5)9-7-13)18-17(20)15-11(3)19-22-12(15)4/h6-10,16H,1-5H3,(H,18,20)/t16-/m1/s1. The summed E-state index contributed by atoms with van der Waals surface area (Å²) >= 11 is 0. The molecule has 2 aromatic rings. The van der Waals surface area contributed by atoms with Gasteiger partial charge < -0.3 is 14.6 Å². The van der Waals surface area contributed by atoms with Crippen LogP contribution in [0.15, 0.2) is 28.8 Å². The number of aromatic nitrogens is 1. The van der Waals surface area contributed by atoms with Gasteiger partial charge in [0.25, 0.3) is 5.91 Å². The molecule has 22 heavy (non-hydrogen) atoms. The minimum absolute atomic E-state index is 0.0906. The largest absolute Gasteiger partial charge is 0.497 e. The van der Waals surface area contributed by atoms with E-state index < -0.39 is 0 Å². The van der Waals surface area contributed by atoms with Gasteiger partial charge in [-0.2, -0.15) is 0 Å². The molecule has 5 heteroatoms. The predicted molar refractivity (Wildman–Crippen MR) is 84.0 cm³/mol. The Morgan fingerprint density at radius 2 is 1.86 bits per heavy atom. The lowest BCUT2D eigenvalue weighted by Gasteiger charge is -2.23. The van der Waals surface area contributed by atoms with Crippen LogP contribution in [0.3, 0.4) is 0 Å². The molecule has 2 rings (SSSR count). The molecule has 1 N–H and O–H groups in total. The highest BCUT2D eigenvalue weighted by Crippen LogP contribution is 2.25. The third-order valence-electron chi connectivity index (χ3n) is 3.69. The number of rotatable bonds is 5. The van der Waals surface area contributed by atoms with Gasteiger partial charge in [-0.1, -0.05) is 31.1 Å². The summed E-state index contributed by atoms with van der Waals surface area (Å²) in [6, 6.07) is 7.64. The molecule has 0 aliphatic heterocycles. The Hall–Kier alpha value is -2.30. The Balaban J connectivity index is 2.23. The van der Waals surface area contributed by atoms with E-state index in [4.69, 9.17) is 9.26 Å². The van der Waals surface area contributed by atoms with Gasteiger partial charge in [-0.3, -0.25) is 4.79 Å². The van der Waals surface area contributed by atoms with Crippen molar-refractivity contribution in [2.45, 2.75) is 33.7 Å². The van der Waals surface area contributed by atoms with E-state index in [0.717, 1.165) is 11.3 Å². The number of aryl methyl sites for hydroxylation is 2. The van der Waals surface area contributed by atoms with Gasteiger partial charge in [-0.15, -0.1) is 0 Å². The van der Waals surface area contributed by atoms with Crippen LogP contribution in [-0.2, 0) is 0 Å². The van der Waals surface area contributed by atoms with Crippen LogP contribution < -0.4 is 10.1 Å². The third kappa shape index (κ3) is 3.30. The van der Waals surface area contributed by atoms with E-state index in [2.05, 4.69) is 24.3 Å². The van der Waals surface area contributed by atoms with Crippen LogP contribution in [0, 0.1) is 19.8 Å². The maximum atomic E-state index is 12.5. The summed E-state index contributed by atoms with van der Waals surface area (Å²) in [6.45, 7) is 7.65. The van der Waals surface area contributed by atoms with Gasteiger partial charge in [0.15, 0.2) is 0 Å². The summed E-state index contributed by atoms with van der Waals surface area (Å²) in [7, 11) is 1.63. The summed E-state index contributed by atoms with van der Waals surface area (Å²) in [5.74, 6) is 1.42. The van der Waals surface area contributed by atoms with Gasteiger partial charge in [-0.25, -0.2) is 0 Å². The van der Waals surface area contributed by atoms with Crippen molar-refractivity contribution in [3.05, 3.63) is 46.8 Å². The van der Waals surface area contributed by atoms with Crippen molar-refractivity contribution in [1.82, 2.24) is 10.5 Å². The van der Waals surface area contributed by atoms with Crippen molar-refractivity contribution < 1.29 is 14.1 Å². The molecular formula is C17H22N2O3. The lowest BCUT2D eigenvalue weighted by atomic mass is 9.95. The Bertz CT molecular complexity index is 625. The molecule has 0 aliphatic rings. The molecule has 1 amide bonds.